The number of piperazine rings is 1. The highest BCUT2D eigenvalue weighted by molar-refractivity contribution is 14.0. The van der Waals surface area contributed by atoms with Gasteiger partial charge in [0, 0.05) is 50.0 Å². The molecule has 0 amide bonds. The summed E-state index contributed by atoms with van der Waals surface area (Å²) in [5, 5.41) is 4.53. The fourth-order valence-corrected chi connectivity index (χ4v) is 4.65. The average Bonchev–Trinajstić information content (AvgIpc) is 3.26. The van der Waals surface area contributed by atoms with Crippen LogP contribution in [0.15, 0.2) is 22.5 Å². The monoisotopic (exact) mass is 565 g/mol. The number of aromatic nitrogens is 1. The highest BCUT2D eigenvalue weighted by Gasteiger charge is 2.33. The van der Waals surface area contributed by atoms with E-state index in [0.29, 0.717) is 11.0 Å². The molecule has 1 aliphatic rings. The van der Waals surface area contributed by atoms with Crippen molar-refractivity contribution in [1.29, 1.82) is 0 Å². The molecule has 0 bridgehead atoms. The van der Waals surface area contributed by atoms with Gasteiger partial charge in [0.25, 0.3) is 0 Å². The molecule has 1 aliphatic heterocycles. The Kier molecular flexibility index (Phi) is 8.80. The predicted octanol–water partition coefficient (Wildman–Crippen LogP) is 4.39. The molecule has 0 atom stereocenters. The van der Waals surface area contributed by atoms with Gasteiger partial charge in [-0.05, 0) is 12.1 Å². The van der Waals surface area contributed by atoms with Crippen LogP contribution in [0, 0.1) is 0 Å². The standard InChI is InChI=1S/C16H19ClF3N5S2.HI/c1-21-15(22-8-14-23-12(10-26-14)16(18,19)20)25-6-4-24(5-7-25)9-11-2-3-13(17)27-11;/h2-3,10H,4-9H2,1H3,(H,21,22);1H. The molecule has 0 radical (unpaired) electrons. The van der Waals surface area contributed by atoms with Gasteiger partial charge in [-0.3, -0.25) is 9.89 Å². The van der Waals surface area contributed by atoms with Crippen molar-refractivity contribution in [3.8, 4) is 0 Å². The number of thiophene rings is 1. The van der Waals surface area contributed by atoms with Crippen LogP contribution in [-0.4, -0.2) is 54.0 Å². The molecule has 156 valence electrons. The van der Waals surface area contributed by atoms with E-state index in [-0.39, 0.29) is 30.5 Å². The first-order chi connectivity index (χ1) is 12.8. The van der Waals surface area contributed by atoms with Gasteiger partial charge in [0.1, 0.15) is 5.01 Å². The lowest BCUT2D eigenvalue weighted by molar-refractivity contribution is -0.140. The number of halogens is 5. The summed E-state index contributed by atoms with van der Waals surface area (Å²) in [5.74, 6) is 0.678. The Hall–Kier alpha value is -0.630. The minimum Gasteiger partial charge on any atom is -0.350 e. The molecule has 3 rings (SSSR count). The summed E-state index contributed by atoms with van der Waals surface area (Å²) in [6, 6.07) is 3.95. The van der Waals surface area contributed by atoms with Gasteiger partial charge < -0.3 is 10.2 Å². The number of alkyl halides is 3. The molecule has 0 aromatic carbocycles. The van der Waals surface area contributed by atoms with Crippen molar-refractivity contribution in [2.45, 2.75) is 19.3 Å². The summed E-state index contributed by atoms with van der Waals surface area (Å²) in [7, 11) is 1.67. The molecule has 1 N–H and O–H groups in total. The Morgan fingerprint density at radius 3 is 2.54 bits per heavy atom. The third kappa shape index (κ3) is 6.44. The molecule has 1 saturated heterocycles. The van der Waals surface area contributed by atoms with E-state index in [1.807, 2.05) is 12.1 Å². The number of hydrogen-bond donors (Lipinski definition) is 1. The second kappa shape index (κ2) is 10.4. The molecule has 1 fully saturated rings. The van der Waals surface area contributed by atoms with E-state index in [0.717, 1.165) is 53.8 Å². The van der Waals surface area contributed by atoms with Crippen LogP contribution < -0.4 is 5.32 Å². The van der Waals surface area contributed by atoms with E-state index in [1.165, 1.54) is 4.88 Å². The van der Waals surface area contributed by atoms with Crippen molar-refractivity contribution in [2.75, 3.05) is 33.2 Å². The van der Waals surface area contributed by atoms with Gasteiger partial charge in [-0.25, -0.2) is 4.98 Å². The molecule has 5 nitrogen and oxygen atoms in total. The zero-order valence-electron chi connectivity index (χ0n) is 15.0. The fourth-order valence-electron chi connectivity index (χ4n) is 2.78. The average molecular weight is 566 g/mol. The zero-order valence-corrected chi connectivity index (χ0v) is 19.7. The number of aliphatic imine (C=N–C) groups is 1. The Bertz CT molecular complexity index is 787. The van der Waals surface area contributed by atoms with Crippen molar-refractivity contribution in [3.05, 3.63) is 37.4 Å². The summed E-state index contributed by atoms with van der Waals surface area (Å²) in [4.78, 5) is 13.6. The lowest BCUT2D eigenvalue weighted by Gasteiger charge is -2.36. The van der Waals surface area contributed by atoms with Crippen LogP contribution in [0.1, 0.15) is 15.6 Å². The maximum absolute atomic E-state index is 12.6. The Balaban J connectivity index is 0.00000280. The number of nitrogens with one attached hydrogen (secondary N) is 1. The van der Waals surface area contributed by atoms with Crippen LogP contribution in [0.5, 0.6) is 0 Å². The quantitative estimate of drug-likeness (QED) is 0.339. The molecule has 2 aromatic rings. The van der Waals surface area contributed by atoms with Gasteiger partial charge in [-0.1, -0.05) is 11.6 Å². The third-order valence-electron chi connectivity index (χ3n) is 4.13. The second-order valence-electron chi connectivity index (χ2n) is 5.99. The molecule has 3 heterocycles. The van der Waals surface area contributed by atoms with Crippen LogP contribution in [0.2, 0.25) is 4.34 Å². The third-order valence-corrected chi connectivity index (χ3v) is 6.20. The number of rotatable bonds is 4. The highest BCUT2D eigenvalue weighted by atomic mass is 127. The topological polar surface area (TPSA) is 43.8 Å². The van der Waals surface area contributed by atoms with Crippen molar-refractivity contribution < 1.29 is 13.2 Å². The maximum Gasteiger partial charge on any atom is 0.434 e. The maximum atomic E-state index is 12.6. The number of guanidine groups is 1. The van der Waals surface area contributed by atoms with Gasteiger partial charge in [-0.15, -0.1) is 46.7 Å². The van der Waals surface area contributed by atoms with Gasteiger partial charge in [0.2, 0.25) is 0 Å². The van der Waals surface area contributed by atoms with E-state index in [4.69, 9.17) is 11.6 Å². The Morgan fingerprint density at radius 1 is 1.29 bits per heavy atom. The van der Waals surface area contributed by atoms with Gasteiger partial charge in [0.05, 0.1) is 10.9 Å². The fraction of sp³-hybridized carbons (Fsp3) is 0.500. The zero-order chi connectivity index (χ0) is 19.4. The van der Waals surface area contributed by atoms with Gasteiger partial charge in [0.15, 0.2) is 11.7 Å². The van der Waals surface area contributed by atoms with Gasteiger partial charge in [-0.2, -0.15) is 13.2 Å². The summed E-state index contributed by atoms with van der Waals surface area (Å²) < 4.78 is 38.7. The van der Waals surface area contributed by atoms with E-state index < -0.39 is 11.9 Å². The van der Waals surface area contributed by atoms with Crippen LogP contribution in [0.3, 0.4) is 0 Å². The Morgan fingerprint density at radius 2 is 2.00 bits per heavy atom. The highest BCUT2D eigenvalue weighted by Crippen LogP contribution is 2.30. The largest absolute Gasteiger partial charge is 0.434 e. The summed E-state index contributed by atoms with van der Waals surface area (Å²) in [5.41, 5.74) is -0.846. The first kappa shape index (κ1) is 23.6. The molecular formula is C16H20ClF3IN5S2. The molecule has 0 aliphatic carbocycles. The minimum absolute atomic E-state index is 0. The summed E-state index contributed by atoms with van der Waals surface area (Å²) in [6.07, 6.45) is -4.40. The lowest BCUT2D eigenvalue weighted by atomic mass is 10.3. The van der Waals surface area contributed by atoms with E-state index in [2.05, 4.69) is 25.1 Å². The molecule has 28 heavy (non-hydrogen) atoms. The van der Waals surface area contributed by atoms with Crippen LogP contribution >= 0.6 is 58.3 Å². The van der Waals surface area contributed by atoms with E-state index >= 15 is 0 Å². The van der Waals surface area contributed by atoms with Crippen molar-refractivity contribution in [2.24, 2.45) is 4.99 Å². The van der Waals surface area contributed by atoms with Crippen molar-refractivity contribution in [1.82, 2.24) is 20.1 Å². The van der Waals surface area contributed by atoms with E-state index in [1.54, 1.807) is 18.4 Å². The molecule has 0 saturated carbocycles. The second-order valence-corrected chi connectivity index (χ2v) is 8.74. The Labute approximate surface area is 191 Å². The molecule has 0 unspecified atom stereocenters. The SMILES string of the molecule is CN=C(NCc1nc(C(F)(F)F)cs1)N1CCN(Cc2ccc(Cl)s2)CC1.I. The number of nitrogens with zero attached hydrogens (tertiary/aromatic N) is 4. The van der Waals surface area contributed by atoms with Gasteiger partial charge >= 0.3 is 6.18 Å². The molecule has 2 aromatic heterocycles. The number of thiazole rings is 1. The summed E-state index contributed by atoms with van der Waals surface area (Å²) >= 11 is 8.56. The predicted molar refractivity (Wildman–Crippen MR) is 119 cm³/mol. The molecule has 0 spiro atoms. The van der Waals surface area contributed by atoms with Crippen LogP contribution in [-0.2, 0) is 19.3 Å². The van der Waals surface area contributed by atoms with Crippen molar-refractivity contribution in [3.63, 3.8) is 0 Å². The first-order valence-corrected chi connectivity index (χ1v) is 10.4. The minimum atomic E-state index is -4.40. The lowest BCUT2D eigenvalue weighted by Crippen LogP contribution is -2.51. The normalized spacial score (nSPS) is 16.2. The summed E-state index contributed by atoms with van der Waals surface area (Å²) in [6.45, 7) is 4.45. The van der Waals surface area contributed by atoms with Crippen molar-refractivity contribution >= 4 is 64.2 Å². The number of hydrogen-bond acceptors (Lipinski definition) is 5. The van der Waals surface area contributed by atoms with E-state index in [9.17, 15) is 13.2 Å². The van der Waals surface area contributed by atoms with Crippen LogP contribution in [0.25, 0.3) is 0 Å². The molecule has 12 heteroatoms. The van der Waals surface area contributed by atoms with Crippen LogP contribution in [0.4, 0.5) is 13.2 Å². The molecular weight excluding hydrogens is 546 g/mol. The first-order valence-electron chi connectivity index (χ1n) is 8.29. The smallest absolute Gasteiger partial charge is 0.350 e.